The van der Waals surface area contributed by atoms with E-state index >= 15 is 4.39 Å². The smallest absolute Gasteiger partial charge is 0.216 e. The van der Waals surface area contributed by atoms with E-state index in [1.165, 1.54) is 56.1 Å². The summed E-state index contributed by atoms with van der Waals surface area (Å²) >= 11 is 0. The maximum absolute atomic E-state index is 15.5. The van der Waals surface area contributed by atoms with Crippen LogP contribution in [-0.4, -0.2) is 0 Å². The van der Waals surface area contributed by atoms with Gasteiger partial charge in [0.05, 0.1) is 11.1 Å². The first kappa shape index (κ1) is 24.6. The van der Waals surface area contributed by atoms with Crippen molar-refractivity contribution in [1.29, 1.82) is 0 Å². The second kappa shape index (κ2) is 9.62. The van der Waals surface area contributed by atoms with E-state index < -0.39 is 0 Å². The molecule has 0 aliphatic heterocycles. The lowest BCUT2D eigenvalue weighted by Crippen LogP contribution is -2.30. The molecule has 2 aliphatic rings. The van der Waals surface area contributed by atoms with Crippen molar-refractivity contribution in [3.05, 3.63) is 89.4 Å². The lowest BCUT2D eigenvalue weighted by atomic mass is 9.66. The van der Waals surface area contributed by atoms with E-state index in [1.807, 2.05) is 6.07 Å². The predicted molar refractivity (Wildman–Crippen MR) is 157 cm³/mol. The molecule has 0 bridgehead atoms. The molecule has 0 radical (unpaired) electrons. The molecule has 3 unspecified atom stereocenters. The van der Waals surface area contributed by atoms with Crippen molar-refractivity contribution in [2.45, 2.75) is 64.7 Å². The van der Waals surface area contributed by atoms with Crippen molar-refractivity contribution in [2.75, 3.05) is 0 Å². The third-order valence-corrected chi connectivity index (χ3v) is 9.74. The molecule has 3 heteroatoms. The Bertz CT molecular complexity index is 1700. The van der Waals surface area contributed by atoms with Crippen LogP contribution in [-0.2, 0) is 7.05 Å². The number of aryl methyl sites for hydroxylation is 3. The molecule has 0 amide bonds. The number of aromatic nitrogens is 1. The van der Waals surface area contributed by atoms with Gasteiger partial charge in [0.2, 0.25) is 5.69 Å². The van der Waals surface area contributed by atoms with E-state index in [9.17, 15) is 0 Å². The predicted octanol–water partition coefficient (Wildman–Crippen LogP) is 9.57. The van der Waals surface area contributed by atoms with E-state index in [4.69, 9.17) is 4.42 Å². The molecule has 2 aromatic heterocycles. The number of furan rings is 1. The van der Waals surface area contributed by atoms with Crippen molar-refractivity contribution in [2.24, 2.45) is 18.9 Å². The molecule has 2 nitrogen and oxygen atoms in total. The van der Waals surface area contributed by atoms with Gasteiger partial charge in [-0.2, -0.15) is 0 Å². The van der Waals surface area contributed by atoms with Crippen LogP contribution in [0.1, 0.15) is 67.6 Å². The molecule has 5 aromatic rings. The largest absolute Gasteiger partial charge is 0.454 e. The molecule has 2 saturated carbocycles. The molecule has 0 saturated heterocycles. The third kappa shape index (κ3) is 4.18. The minimum Gasteiger partial charge on any atom is -0.454 e. The van der Waals surface area contributed by atoms with Gasteiger partial charge in [-0.1, -0.05) is 62.1 Å². The van der Waals surface area contributed by atoms with Gasteiger partial charge in [0.1, 0.15) is 24.0 Å². The molecule has 0 N–H and O–H groups in total. The zero-order valence-electron chi connectivity index (χ0n) is 23.3. The van der Waals surface area contributed by atoms with Crippen LogP contribution in [0.25, 0.3) is 44.3 Å². The van der Waals surface area contributed by atoms with E-state index in [0.717, 1.165) is 50.6 Å². The summed E-state index contributed by atoms with van der Waals surface area (Å²) in [7, 11) is 2.06. The van der Waals surface area contributed by atoms with Crippen LogP contribution in [0.2, 0.25) is 0 Å². The number of fused-ring (bicyclic) bond motifs is 4. The van der Waals surface area contributed by atoms with Gasteiger partial charge in [0, 0.05) is 22.9 Å². The Labute approximate surface area is 230 Å². The molecular formula is C36H37FNO+. The lowest BCUT2D eigenvalue weighted by molar-refractivity contribution is -0.660. The van der Waals surface area contributed by atoms with Crippen LogP contribution < -0.4 is 4.57 Å². The van der Waals surface area contributed by atoms with Crippen molar-refractivity contribution < 1.29 is 13.4 Å². The Morgan fingerprint density at radius 1 is 0.769 bits per heavy atom. The van der Waals surface area contributed by atoms with E-state index in [-0.39, 0.29) is 5.82 Å². The van der Waals surface area contributed by atoms with Gasteiger partial charge >= 0.3 is 0 Å². The van der Waals surface area contributed by atoms with Crippen molar-refractivity contribution in [3.8, 4) is 22.4 Å². The summed E-state index contributed by atoms with van der Waals surface area (Å²) in [5.74, 6) is 2.23. The molecule has 198 valence electrons. The summed E-state index contributed by atoms with van der Waals surface area (Å²) in [6, 6.07) is 20.7. The fraction of sp³-hybridized carbons (Fsp3) is 0.361. The summed E-state index contributed by atoms with van der Waals surface area (Å²) in [4.78, 5) is 0. The fourth-order valence-electron chi connectivity index (χ4n) is 7.59. The summed E-state index contributed by atoms with van der Waals surface area (Å²) < 4.78 is 24.3. The highest BCUT2D eigenvalue weighted by Crippen LogP contribution is 2.47. The van der Waals surface area contributed by atoms with Gasteiger partial charge in [0.25, 0.3) is 0 Å². The van der Waals surface area contributed by atoms with Gasteiger partial charge < -0.3 is 4.42 Å². The zero-order chi connectivity index (χ0) is 26.7. The fourth-order valence-corrected chi connectivity index (χ4v) is 7.59. The number of nitrogens with zero attached hydrogens (tertiary/aromatic N) is 1. The Balaban J connectivity index is 1.31. The average molecular weight is 519 g/mol. The van der Waals surface area contributed by atoms with E-state index in [2.05, 4.69) is 80.2 Å². The number of hydrogen-bond acceptors (Lipinski definition) is 1. The topological polar surface area (TPSA) is 17.0 Å². The highest BCUT2D eigenvalue weighted by Gasteiger charge is 2.32. The molecule has 7 rings (SSSR count). The van der Waals surface area contributed by atoms with Gasteiger partial charge in [-0.3, -0.25) is 0 Å². The molecule has 3 atom stereocenters. The van der Waals surface area contributed by atoms with Crippen molar-refractivity contribution >= 4 is 21.9 Å². The average Bonchev–Trinajstić information content (AvgIpc) is 3.32. The summed E-state index contributed by atoms with van der Waals surface area (Å²) in [5.41, 5.74) is 8.79. The van der Waals surface area contributed by atoms with Crippen LogP contribution in [0.3, 0.4) is 0 Å². The Kier molecular flexibility index (Phi) is 6.06. The first-order chi connectivity index (χ1) is 19.0. The molecule has 2 fully saturated rings. The van der Waals surface area contributed by atoms with Gasteiger partial charge in [-0.15, -0.1) is 0 Å². The van der Waals surface area contributed by atoms with E-state index in [1.54, 1.807) is 6.07 Å². The van der Waals surface area contributed by atoms with E-state index in [0.29, 0.717) is 17.1 Å². The zero-order valence-corrected chi connectivity index (χ0v) is 23.3. The first-order valence-corrected chi connectivity index (χ1v) is 14.7. The second-order valence-electron chi connectivity index (χ2n) is 12.2. The highest BCUT2D eigenvalue weighted by molar-refractivity contribution is 6.13. The minimum absolute atomic E-state index is 0.239. The number of benzene rings is 3. The van der Waals surface area contributed by atoms with Gasteiger partial charge in [0.15, 0.2) is 6.20 Å². The lowest BCUT2D eigenvalue weighted by Gasteiger charge is -2.39. The standard InChI is InChI=1S/C36H37FNO/c1-22-18-19-38(3)32(20-22)33-23(2)8-15-29-30-16-17-31(37)34(36(30)39-35(29)33)26-12-9-25(10-13-26)28-14-11-24-6-4-5-7-27(24)21-28/h8-10,12-13,15-20,24,27-28H,4-7,11,14,21H2,1-3H3/q+1. The summed E-state index contributed by atoms with van der Waals surface area (Å²) in [6.45, 7) is 4.22. The monoisotopic (exact) mass is 518 g/mol. The minimum atomic E-state index is -0.239. The quantitative estimate of drug-likeness (QED) is 0.217. The maximum Gasteiger partial charge on any atom is 0.216 e. The highest BCUT2D eigenvalue weighted by atomic mass is 19.1. The number of rotatable bonds is 3. The Morgan fingerprint density at radius 3 is 2.28 bits per heavy atom. The molecule has 2 aliphatic carbocycles. The van der Waals surface area contributed by atoms with Crippen LogP contribution in [0.4, 0.5) is 4.39 Å². The molecular weight excluding hydrogens is 481 g/mol. The summed E-state index contributed by atoms with van der Waals surface area (Å²) in [6.07, 6.45) is 11.7. The molecule has 39 heavy (non-hydrogen) atoms. The van der Waals surface area contributed by atoms with Crippen LogP contribution in [0.5, 0.6) is 0 Å². The van der Waals surface area contributed by atoms with Crippen LogP contribution in [0, 0.1) is 31.5 Å². The summed E-state index contributed by atoms with van der Waals surface area (Å²) in [5, 5.41) is 1.98. The number of pyridine rings is 1. The molecule has 3 aromatic carbocycles. The maximum atomic E-state index is 15.5. The van der Waals surface area contributed by atoms with Gasteiger partial charge in [-0.25, -0.2) is 8.96 Å². The third-order valence-electron chi connectivity index (χ3n) is 9.74. The molecule has 0 spiro atoms. The van der Waals surface area contributed by atoms with Crippen molar-refractivity contribution in [3.63, 3.8) is 0 Å². The Hall–Kier alpha value is -3.46. The first-order valence-electron chi connectivity index (χ1n) is 14.7. The number of hydrogen-bond donors (Lipinski definition) is 0. The van der Waals surface area contributed by atoms with Crippen LogP contribution >= 0.6 is 0 Å². The SMILES string of the molecule is Cc1cc[n+](C)c(-c2c(C)ccc3c2oc2c(-c4ccc(C5CCC6CCCCC6C5)cc4)c(F)ccc23)c1. The molecule has 2 heterocycles. The van der Waals surface area contributed by atoms with Crippen LogP contribution in [0.15, 0.2) is 71.3 Å². The number of halogens is 1. The van der Waals surface area contributed by atoms with Gasteiger partial charge in [-0.05, 0) is 85.3 Å². The Morgan fingerprint density at radius 2 is 1.49 bits per heavy atom. The second-order valence-corrected chi connectivity index (χ2v) is 12.2. The van der Waals surface area contributed by atoms with Crippen molar-refractivity contribution in [1.82, 2.24) is 0 Å². The normalized spacial score (nSPS) is 21.4.